The monoisotopic (exact) mass is 422 g/mol. The topological polar surface area (TPSA) is 97.6 Å². The first-order valence-electron chi connectivity index (χ1n) is 9.74. The van der Waals surface area contributed by atoms with E-state index < -0.39 is 17.7 Å². The Morgan fingerprint density at radius 3 is 2.42 bits per heavy atom. The third-order valence-corrected chi connectivity index (χ3v) is 3.99. The van der Waals surface area contributed by atoms with E-state index >= 15 is 0 Å². The van der Waals surface area contributed by atoms with Crippen molar-refractivity contribution >= 4 is 18.1 Å². The van der Waals surface area contributed by atoms with Crippen molar-refractivity contribution in [3.8, 4) is 17.6 Å². The number of rotatable bonds is 7. The van der Waals surface area contributed by atoms with Gasteiger partial charge in [-0.15, -0.1) is 0 Å². The van der Waals surface area contributed by atoms with E-state index in [2.05, 4.69) is 5.32 Å². The highest BCUT2D eigenvalue weighted by Crippen LogP contribution is 2.29. The lowest BCUT2D eigenvalue weighted by Crippen LogP contribution is -2.26. The van der Waals surface area contributed by atoms with Gasteiger partial charge in [-0.05, 0) is 56.5 Å². The molecule has 0 aliphatic rings. The van der Waals surface area contributed by atoms with Crippen LogP contribution in [-0.4, -0.2) is 31.3 Å². The molecule has 2 rings (SSSR count). The number of amides is 1. The molecule has 0 saturated carbocycles. The Labute approximate surface area is 182 Å². The van der Waals surface area contributed by atoms with Gasteiger partial charge in [0, 0.05) is 6.54 Å². The quantitative estimate of drug-likeness (QED) is 0.310. The molecule has 0 atom stereocenters. The van der Waals surface area contributed by atoms with Crippen LogP contribution in [0, 0.1) is 11.3 Å². The van der Waals surface area contributed by atoms with Crippen LogP contribution in [0.4, 0.5) is 4.79 Å². The van der Waals surface area contributed by atoms with Crippen LogP contribution in [0.25, 0.3) is 6.08 Å². The predicted octanol–water partition coefficient (Wildman–Crippen LogP) is 4.27. The Balaban J connectivity index is 2.06. The fraction of sp³-hybridized carbons (Fsp3) is 0.292. The molecule has 0 saturated heterocycles. The van der Waals surface area contributed by atoms with Crippen LogP contribution < -0.4 is 14.8 Å². The number of benzene rings is 2. The van der Waals surface area contributed by atoms with Crippen molar-refractivity contribution in [2.24, 2.45) is 0 Å². The normalized spacial score (nSPS) is 11.3. The zero-order valence-corrected chi connectivity index (χ0v) is 18.1. The van der Waals surface area contributed by atoms with Crippen molar-refractivity contribution in [1.82, 2.24) is 5.32 Å². The molecule has 1 N–H and O–H groups in total. The summed E-state index contributed by atoms with van der Waals surface area (Å²) in [6.45, 7) is 5.60. The second-order valence-electron chi connectivity index (χ2n) is 7.64. The summed E-state index contributed by atoms with van der Waals surface area (Å²) < 4.78 is 15.6. The second-order valence-corrected chi connectivity index (χ2v) is 7.64. The molecule has 1 amide bonds. The van der Waals surface area contributed by atoms with Crippen molar-refractivity contribution in [2.45, 2.75) is 32.8 Å². The van der Waals surface area contributed by atoms with Gasteiger partial charge >= 0.3 is 6.16 Å². The first-order valence-corrected chi connectivity index (χ1v) is 9.74. The molecule has 31 heavy (non-hydrogen) atoms. The molecule has 162 valence electrons. The minimum absolute atomic E-state index is 0.0454. The highest BCUT2D eigenvalue weighted by molar-refractivity contribution is 6.01. The number of nitriles is 1. The first kappa shape index (κ1) is 23.5. The summed E-state index contributed by atoms with van der Waals surface area (Å²) in [7, 11) is 1.42. The molecule has 2 aromatic rings. The molecule has 0 aromatic heterocycles. The maximum Gasteiger partial charge on any atom is 0.514 e. The van der Waals surface area contributed by atoms with E-state index in [9.17, 15) is 14.9 Å². The van der Waals surface area contributed by atoms with Crippen LogP contribution in [0.2, 0.25) is 0 Å². The predicted molar refractivity (Wildman–Crippen MR) is 117 cm³/mol. The third-order valence-electron chi connectivity index (χ3n) is 3.99. The Kier molecular flexibility index (Phi) is 8.21. The highest BCUT2D eigenvalue weighted by atomic mass is 16.7. The molecule has 0 radical (unpaired) electrons. The molecule has 2 aromatic carbocycles. The van der Waals surface area contributed by atoms with E-state index in [0.29, 0.717) is 18.5 Å². The van der Waals surface area contributed by atoms with Crippen LogP contribution in [0.5, 0.6) is 11.5 Å². The van der Waals surface area contributed by atoms with Crippen LogP contribution in [0.3, 0.4) is 0 Å². The SMILES string of the molecule is COc1cc(/C=C(\C#N)C(=O)NCCc2ccccc2)ccc1OC(=O)OC(C)(C)C. The number of carbonyl (C=O) groups is 2. The van der Waals surface area contributed by atoms with Crippen molar-refractivity contribution < 1.29 is 23.8 Å². The maximum atomic E-state index is 12.3. The van der Waals surface area contributed by atoms with E-state index in [1.807, 2.05) is 36.4 Å². The summed E-state index contributed by atoms with van der Waals surface area (Å²) in [6.07, 6.45) is 1.25. The largest absolute Gasteiger partial charge is 0.514 e. The number of ether oxygens (including phenoxy) is 3. The molecule has 0 aliphatic carbocycles. The Morgan fingerprint density at radius 1 is 1.10 bits per heavy atom. The average Bonchev–Trinajstić information content (AvgIpc) is 2.72. The molecular formula is C24H26N2O5. The van der Waals surface area contributed by atoms with Gasteiger partial charge in [0.25, 0.3) is 5.91 Å². The van der Waals surface area contributed by atoms with Crippen molar-refractivity contribution in [1.29, 1.82) is 5.26 Å². The molecular weight excluding hydrogens is 396 g/mol. The van der Waals surface area contributed by atoms with E-state index in [-0.39, 0.29) is 17.1 Å². The Morgan fingerprint density at radius 2 is 1.81 bits per heavy atom. The van der Waals surface area contributed by atoms with E-state index in [1.54, 1.807) is 32.9 Å². The lowest BCUT2D eigenvalue weighted by molar-refractivity contribution is -0.117. The number of hydrogen-bond donors (Lipinski definition) is 1. The molecule has 0 unspecified atom stereocenters. The second kappa shape index (κ2) is 10.8. The number of carbonyl (C=O) groups excluding carboxylic acids is 2. The molecule has 7 heteroatoms. The van der Waals surface area contributed by atoms with Crippen molar-refractivity contribution in [2.75, 3.05) is 13.7 Å². The molecule has 0 fully saturated rings. The Bertz CT molecular complexity index is 985. The zero-order chi connectivity index (χ0) is 22.9. The fourth-order valence-electron chi connectivity index (χ4n) is 2.59. The van der Waals surface area contributed by atoms with Gasteiger partial charge in [-0.3, -0.25) is 4.79 Å². The first-order chi connectivity index (χ1) is 14.7. The minimum Gasteiger partial charge on any atom is -0.493 e. The smallest absolute Gasteiger partial charge is 0.493 e. The number of hydrogen-bond acceptors (Lipinski definition) is 6. The van der Waals surface area contributed by atoms with E-state index in [0.717, 1.165) is 5.56 Å². The van der Waals surface area contributed by atoms with Gasteiger partial charge in [0.1, 0.15) is 17.2 Å². The van der Waals surface area contributed by atoms with Gasteiger partial charge in [0.05, 0.1) is 7.11 Å². The van der Waals surface area contributed by atoms with Gasteiger partial charge < -0.3 is 19.5 Å². The van der Waals surface area contributed by atoms with E-state index in [4.69, 9.17) is 14.2 Å². The average molecular weight is 422 g/mol. The molecule has 0 heterocycles. The molecule has 0 bridgehead atoms. The van der Waals surface area contributed by atoms with Crippen molar-refractivity contribution in [3.63, 3.8) is 0 Å². The standard InChI is InChI=1S/C24H26N2O5/c1-24(2,3)31-23(28)30-20-11-10-18(15-21(20)29-4)14-19(16-25)22(27)26-13-12-17-8-6-5-7-9-17/h5-11,14-15H,12-13H2,1-4H3,(H,26,27)/b19-14+. The van der Waals surface area contributed by atoms with Crippen LogP contribution in [0.1, 0.15) is 31.9 Å². The number of nitrogens with one attached hydrogen (secondary N) is 1. The molecule has 0 aliphatic heterocycles. The summed E-state index contributed by atoms with van der Waals surface area (Å²) in [5.41, 5.74) is 0.900. The van der Waals surface area contributed by atoms with Gasteiger partial charge in [-0.2, -0.15) is 5.26 Å². The molecule has 7 nitrogen and oxygen atoms in total. The fourth-order valence-corrected chi connectivity index (χ4v) is 2.59. The van der Waals surface area contributed by atoms with Crippen LogP contribution in [-0.2, 0) is 16.0 Å². The minimum atomic E-state index is -0.857. The summed E-state index contributed by atoms with van der Waals surface area (Å²) >= 11 is 0. The van der Waals surface area contributed by atoms with Crippen molar-refractivity contribution in [3.05, 3.63) is 65.2 Å². The summed E-state index contributed by atoms with van der Waals surface area (Å²) in [4.78, 5) is 24.2. The lowest BCUT2D eigenvalue weighted by Gasteiger charge is -2.19. The lowest BCUT2D eigenvalue weighted by atomic mass is 10.1. The summed E-state index contributed by atoms with van der Waals surface area (Å²) in [5.74, 6) is -0.0346. The Hall–Kier alpha value is -3.79. The van der Waals surface area contributed by atoms with Gasteiger partial charge in [0.2, 0.25) is 0 Å². The third kappa shape index (κ3) is 7.86. The van der Waals surface area contributed by atoms with Gasteiger partial charge in [-0.1, -0.05) is 36.4 Å². The van der Waals surface area contributed by atoms with Crippen LogP contribution >= 0.6 is 0 Å². The molecule has 0 spiro atoms. The highest BCUT2D eigenvalue weighted by Gasteiger charge is 2.20. The van der Waals surface area contributed by atoms with Gasteiger partial charge in [0.15, 0.2) is 11.5 Å². The zero-order valence-electron chi connectivity index (χ0n) is 18.1. The summed E-state index contributed by atoms with van der Waals surface area (Å²) in [6, 6.07) is 16.3. The maximum absolute atomic E-state index is 12.3. The van der Waals surface area contributed by atoms with Gasteiger partial charge in [-0.25, -0.2) is 4.79 Å². The number of nitrogens with zero attached hydrogens (tertiary/aromatic N) is 1. The van der Waals surface area contributed by atoms with E-state index in [1.165, 1.54) is 19.3 Å². The summed E-state index contributed by atoms with van der Waals surface area (Å²) in [5, 5.41) is 12.1. The van der Waals surface area contributed by atoms with Crippen LogP contribution in [0.15, 0.2) is 54.1 Å². The number of methoxy groups -OCH3 is 1.